The van der Waals surface area contributed by atoms with Gasteiger partial charge in [0, 0.05) is 5.88 Å². The second-order valence-corrected chi connectivity index (χ2v) is 7.57. The monoisotopic (exact) mass is 357 g/mol. The lowest BCUT2D eigenvalue weighted by Crippen LogP contribution is -2.82. The minimum absolute atomic E-state index is 0.0805. The lowest BCUT2D eigenvalue weighted by Gasteiger charge is -2.56. The van der Waals surface area contributed by atoms with Gasteiger partial charge in [-0.05, 0) is 38.0 Å². The molecule has 24 heavy (non-hydrogen) atoms. The van der Waals surface area contributed by atoms with Gasteiger partial charge in [-0.25, -0.2) is 4.79 Å². The summed E-state index contributed by atoms with van der Waals surface area (Å²) in [5.74, 6) is -1.73. The Morgan fingerprint density at radius 2 is 2.21 bits per heavy atom. The van der Waals surface area contributed by atoms with Crippen molar-refractivity contribution < 1.29 is 24.5 Å². The fourth-order valence-corrected chi connectivity index (χ4v) is 4.88. The molecule has 3 rings (SSSR count). The molecular formula is C17H24ClNO5. The Kier molecular flexibility index (Phi) is 4.43. The number of rotatable bonds is 5. The second kappa shape index (κ2) is 6.00. The molecular weight excluding hydrogens is 334 g/mol. The molecule has 134 valence electrons. The van der Waals surface area contributed by atoms with Crippen molar-refractivity contribution in [2.24, 2.45) is 17.8 Å². The Hall–Kier alpha value is -1.11. The van der Waals surface area contributed by atoms with Gasteiger partial charge < -0.3 is 20.3 Å². The van der Waals surface area contributed by atoms with E-state index in [9.17, 15) is 19.8 Å². The van der Waals surface area contributed by atoms with E-state index < -0.39 is 41.6 Å². The fraction of sp³-hybridized carbons (Fsp3) is 0.765. The number of carbonyl (C=O) groups is 2. The molecule has 0 radical (unpaired) electrons. The Bertz CT molecular complexity index is 594. The number of aliphatic hydroxyl groups excluding tert-OH is 2. The van der Waals surface area contributed by atoms with Crippen LogP contribution in [0.25, 0.3) is 0 Å². The fourth-order valence-electron chi connectivity index (χ4n) is 4.66. The van der Waals surface area contributed by atoms with Crippen LogP contribution in [0.15, 0.2) is 11.6 Å². The average Bonchev–Trinajstić information content (AvgIpc) is 2.75. The van der Waals surface area contributed by atoms with E-state index in [1.807, 2.05) is 13.8 Å². The molecule has 1 aliphatic carbocycles. The van der Waals surface area contributed by atoms with Crippen LogP contribution in [0, 0.1) is 17.8 Å². The zero-order valence-electron chi connectivity index (χ0n) is 13.9. The minimum Gasteiger partial charge on any atom is -0.451 e. The Balaban J connectivity index is 1.99. The van der Waals surface area contributed by atoms with Gasteiger partial charge in [0.05, 0.1) is 18.6 Å². The maximum atomic E-state index is 12.4. The first-order valence-corrected chi connectivity index (χ1v) is 8.96. The summed E-state index contributed by atoms with van der Waals surface area (Å²) in [6.07, 6.45) is 2.82. The predicted octanol–water partition coefficient (Wildman–Crippen LogP) is 0.741. The van der Waals surface area contributed by atoms with Gasteiger partial charge >= 0.3 is 5.97 Å². The third kappa shape index (κ3) is 2.02. The van der Waals surface area contributed by atoms with Crippen molar-refractivity contribution in [3.8, 4) is 0 Å². The van der Waals surface area contributed by atoms with E-state index in [4.69, 9.17) is 16.3 Å². The van der Waals surface area contributed by atoms with Gasteiger partial charge in [-0.3, -0.25) is 4.79 Å². The molecule has 0 spiro atoms. The van der Waals surface area contributed by atoms with Gasteiger partial charge in [0.25, 0.3) is 0 Å². The summed E-state index contributed by atoms with van der Waals surface area (Å²) >= 11 is 5.78. The molecule has 3 aliphatic rings. The second-order valence-electron chi connectivity index (χ2n) is 7.19. The number of alkyl halides is 1. The van der Waals surface area contributed by atoms with Crippen molar-refractivity contribution in [3.63, 3.8) is 0 Å². The highest BCUT2D eigenvalue weighted by molar-refractivity contribution is 6.18. The molecule has 0 aromatic heterocycles. The zero-order chi connectivity index (χ0) is 17.7. The largest absolute Gasteiger partial charge is 0.451 e. The van der Waals surface area contributed by atoms with Gasteiger partial charge in [0.2, 0.25) is 11.4 Å². The van der Waals surface area contributed by atoms with Gasteiger partial charge in [-0.15, -0.1) is 11.6 Å². The lowest BCUT2D eigenvalue weighted by atomic mass is 9.61. The third-order valence-electron chi connectivity index (χ3n) is 6.27. The molecule has 2 saturated heterocycles. The molecule has 2 aliphatic heterocycles. The number of hydrogen-bond acceptors (Lipinski definition) is 5. The standard InChI is InChI=1S/C17H24ClNO5/c1-9-4-3-5-11(10(9)2)13(21)17-15(23)24-16(17,8-20)12(6-7-18)14(22)19-17/h4,10-13,20-21H,3,5-8H2,1-2H3,(H,19,22)/t10-,11?,12+,13+,16-,17?/m1/s1. The number of carbonyl (C=O) groups excluding carboxylic acids is 2. The van der Waals surface area contributed by atoms with Crippen LogP contribution in [0.2, 0.25) is 0 Å². The van der Waals surface area contributed by atoms with Crippen LogP contribution in [0.3, 0.4) is 0 Å². The highest BCUT2D eigenvalue weighted by atomic mass is 35.5. The summed E-state index contributed by atoms with van der Waals surface area (Å²) in [4.78, 5) is 24.8. The predicted molar refractivity (Wildman–Crippen MR) is 87.3 cm³/mol. The molecule has 0 bridgehead atoms. The first kappa shape index (κ1) is 17.7. The number of nitrogens with one attached hydrogen (secondary N) is 1. The SMILES string of the molecule is CC1=CCCC([C@H](O)C23NC(=O)[C@H](CCCl)[C@@]2(CO)OC3=O)[C@@H]1C. The number of esters is 1. The number of ether oxygens (including phenoxy) is 1. The molecule has 0 aromatic rings. The third-order valence-corrected chi connectivity index (χ3v) is 6.49. The van der Waals surface area contributed by atoms with Crippen molar-refractivity contribution in [3.05, 3.63) is 11.6 Å². The average molecular weight is 358 g/mol. The Labute approximate surface area is 146 Å². The molecule has 0 saturated carbocycles. The van der Waals surface area contributed by atoms with E-state index in [1.54, 1.807) is 0 Å². The van der Waals surface area contributed by atoms with E-state index >= 15 is 0 Å². The van der Waals surface area contributed by atoms with E-state index in [2.05, 4.69) is 11.4 Å². The van der Waals surface area contributed by atoms with Crippen molar-refractivity contribution >= 4 is 23.5 Å². The molecule has 2 heterocycles. The molecule has 6 nitrogen and oxygen atoms in total. The molecule has 7 heteroatoms. The Morgan fingerprint density at radius 3 is 2.79 bits per heavy atom. The zero-order valence-corrected chi connectivity index (χ0v) is 14.7. The first-order valence-electron chi connectivity index (χ1n) is 8.42. The molecule has 2 unspecified atom stereocenters. The van der Waals surface area contributed by atoms with Crippen LogP contribution in [-0.4, -0.2) is 51.8 Å². The summed E-state index contributed by atoms with van der Waals surface area (Å²) < 4.78 is 5.31. The number of halogens is 1. The summed E-state index contributed by atoms with van der Waals surface area (Å²) in [5.41, 5.74) is -1.85. The maximum absolute atomic E-state index is 12.4. The smallest absolute Gasteiger partial charge is 0.339 e. The number of fused-ring (bicyclic) bond motifs is 1. The minimum atomic E-state index is -1.58. The van der Waals surface area contributed by atoms with Gasteiger partial charge in [-0.1, -0.05) is 18.6 Å². The van der Waals surface area contributed by atoms with E-state index in [-0.39, 0.29) is 24.1 Å². The van der Waals surface area contributed by atoms with Crippen LogP contribution < -0.4 is 5.32 Å². The van der Waals surface area contributed by atoms with E-state index in [1.165, 1.54) is 0 Å². The lowest BCUT2D eigenvalue weighted by molar-refractivity contribution is -0.254. The highest BCUT2D eigenvalue weighted by Crippen LogP contribution is 2.54. The quantitative estimate of drug-likeness (QED) is 0.383. The van der Waals surface area contributed by atoms with Crippen LogP contribution in [-0.2, 0) is 14.3 Å². The summed E-state index contributed by atoms with van der Waals surface area (Å²) in [6.45, 7) is 3.49. The molecule has 3 N–H and O–H groups in total. The first-order chi connectivity index (χ1) is 11.4. The molecule has 1 amide bonds. The number of amides is 1. The summed E-state index contributed by atoms with van der Waals surface area (Å²) in [6, 6.07) is 0. The van der Waals surface area contributed by atoms with Crippen LogP contribution in [0.1, 0.15) is 33.1 Å². The van der Waals surface area contributed by atoms with Gasteiger partial charge in [-0.2, -0.15) is 0 Å². The van der Waals surface area contributed by atoms with Crippen molar-refractivity contribution in [1.29, 1.82) is 0 Å². The summed E-state index contributed by atoms with van der Waals surface area (Å²) in [7, 11) is 0. The van der Waals surface area contributed by atoms with Crippen molar-refractivity contribution in [2.45, 2.75) is 50.4 Å². The molecule has 2 fully saturated rings. The Morgan fingerprint density at radius 1 is 1.50 bits per heavy atom. The van der Waals surface area contributed by atoms with E-state index in [0.29, 0.717) is 6.42 Å². The molecule has 6 atom stereocenters. The highest BCUT2D eigenvalue weighted by Gasteiger charge is 2.81. The van der Waals surface area contributed by atoms with Gasteiger partial charge in [0.1, 0.15) is 0 Å². The van der Waals surface area contributed by atoms with Crippen LogP contribution in [0.5, 0.6) is 0 Å². The van der Waals surface area contributed by atoms with Crippen LogP contribution in [0.4, 0.5) is 0 Å². The maximum Gasteiger partial charge on any atom is 0.339 e. The topological polar surface area (TPSA) is 95.9 Å². The van der Waals surface area contributed by atoms with Crippen molar-refractivity contribution in [1.82, 2.24) is 5.32 Å². The number of allylic oxidation sites excluding steroid dienone is 2. The summed E-state index contributed by atoms with van der Waals surface area (Å²) in [5, 5.41) is 23.8. The van der Waals surface area contributed by atoms with Crippen LogP contribution >= 0.6 is 11.6 Å². The van der Waals surface area contributed by atoms with Crippen molar-refractivity contribution in [2.75, 3.05) is 12.5 Å². The van der Waals surface area contributed by atoms with E-state index in [0.717, 1.165) is 12.0 Å². The van der Waals surface area contributed by atoms with Gasteiger partial charge in [0.15, 0.2) is 5.60 Å². The number of aliphatic hydroxyl groups is 2. The normalized spacial score (nSPS) is 42.5. The molecule has 0 aromatic carbocycles. The number of hydrogen-bond donors (Lipinski definition) is 3.